The van der Waals surface area contributed by atoms with Crippen molar-refractivity contribution in [3.05, 3.63) is 79.7 Å². The van der Waals surface area contributed by atoms with E-state index >= 15 is 0 Å². The molecule has 0 fully saturated rings. The van der Waals surface area contributed by atoms with Gasteiger partial charge in [-0.05, 0) is 82.9 Å². The van der Waals surface area contributed by atoms with Crippen molar-refractivity contribution < 1.29 is 14.3 Å². The molecule has 0 aliphatic rings. The molecule has 0 bridgehead atoms. The summed E-state index contributed by atoms with van der Waals surface area (Å²) in [4.78, 5) is 16.8. The van der Waals surface area contributed by atoms with E-state index in [9.17, 15) is 4.79 Å². The number of carbonyl (C=O) groups is 1. The maximum atomic E-state index is 12.3. The Morgan fingerprint density at radius 3 is 2.41 bits per heavy atom. The minimum atomic E-state index is -0.319. The van der Waals surface area contributed by atoms with E-state index in [1.165, 1.54) is 7.11 Å². The first-order valence-electron chi connectivity index (χ1n) is 9.63. The molecule has 0 aliphatic heterocycles. The van der Waals surface area contributed by atoms with Crippen molar-refractivity contribution >= 4 is 62.6 Å². The first kappa shape index (κ1) is 24.1. The molecule has 0 aromatic heterocycles. The molecule has 0 saturated carbocycles. The van der Waals surface area contributed by atoms with Crippen molar-refractivity contribution in [2.45, 2.75) is 13.8 Å². The average Bonchev–Trinajstić information content (AvgIpc) is 2.76. The SMILES string of the molecule is COc1cc(C=Nc2ccc(C)c(Cl)c2)cc(Br)c1OCC(=O)Nc1ccc(C)c(Cl)c1. The second kappa shape index (κ2) is 10.9. The second-order valence-corrected chi connectivity index (χ2v) is 8.70. The van der Waals surface area contributed by atoms with E-state index in [1.807, 2.05) is 38.1 Å². The summed E-state index contributed by atoms with van der Waals surface area (Å²) in [6.45, 7) is 3.63. The smallest absolute Gasteiger partial charge is 0.262 e. The number of halogens is 3. The van der Waals surface area contributed by atoms with Crippen LogP contribution in [0.2, 0.25) is 10.0 Å². The number of benzene rings is 3. The number of carbonyl (C=O) groups excluding carboxylic acids is 1. The standard InChI is InChI=1S/C24H21BrCl2N2O3/c1-14-4-6-17(10-20(14)26)28-12-16-8-19(25)24(22(9-16)31-3)32-13-23(30)29-18-7-5-15(2)21(27)11-18/h4-12H,13H2,1-3H3,(H,29,30). The number of nitrogens with one attached hydrogen (secondary N) is 1. The van der Waals surface area contributed by atoms with Crippen LogP contribution in [0.5, 0.6) is 11.5 Å². The summed E-state index contributed by atoms with van der Waals surface area (Å²) >= 11 is 15.7. The number of methoxy groups -OCH3 is 1. The molecular formula is C24H21BrCl2N2O3. The highest BCUT2D eigenvalue weighted by molar-refractivity contribution is 9.10. The van der Waals surface area contributed by atoms with Gasteiger partial charge in [-0.1, -0.05) is 35.3 Å². The minimum absolute atomic E-state index is 0.199. The zero-order valence-electron chi connectivity index (χ0n) is 17.7. The molecule has 5 nitrogen and oxygen atoms in total. The molecular weight excluding hydrogens is 515 g/mol. The topological polar surface area (TPSA) is 59.9 Å². The number of rotatable bonds is 7. The minimum Gasteiger partial charge on any atom is -0.493 e. The molecule has 8 heteroatoms. The van der Waals surface area contributed by atoms with Crippen LogP contribution >= 0.6 is 39.1 Å². The number of amides is 1. The van der Waals surface area contributed by atoms with Gasteiger partial charge in [0.1, 0.15) is 0 Å². The summed E-state index contributed by atoms with van der Waals surface area (Å²) in [6.07, 6.45) is 1.70. The summed E-state index contributed by atoms with van der Waals surface area (Å²) in [6, 6.07) is 14.5. The highest BCUT2D eigenvalue weighted by Gasteiger charge is 2.14. The Bertz CT molecular complexity index is 1180. The molecule has 0 spiro atoms. The normalized spacial score (nSPS) is 10.9. The third-order valence-electron chi connectivity index (χ3n) is 4.57. The van der Waals surface area contributed by atoms with Crippen LogP contribution in [0, 0.1) is 13.8 Å². The van der Waals surface area contributed by atoms with Crippen LogP contribution in [0.15, 0.2) is 58.0 Å². The maximum absolute atomic E-state index is 12.3. The Balaban J connectivity index is 1.70. The summed E-state index contributed by atoms with van der Waals surface area (Å²) < 4.78 is 11.8. The lowest BCUT2D eigenvalue weighted by atomic mass is 10.2. The van der Waals surface area contributed by atoms with Crippen LogP contribution in [0.4, 0.5) is 11.4 Å². The predicted octanol–water partition coefficient (Wildman–Crippen LogP) is 7.15. The maximum Gasteiger partial charge on any atom is 0.262 e. The number of hydrogen-bond donors (Lipinski definition) is 1. The van der Waals surface area contributed by atoms with Crippen LogP contribution in [0.25, 0.3) is 0 Å². The summed E-state index contributed by atoms with van der Waals surface area (Å²) in [5.74, 6) is 0.565. The van der Waals surface area contributed by atoms with Crippen LogP contribution in [0.3, 0.4) is 0 Å². The van der Waals surface area contributed by atoms with Crippen molar-refractivity contribution in [1.82, 2.24) is 0 Å². The van der Waals surface area contributed by atoms with Gasteiger partial charge >= 0.3 is 0 Å². The van der Waals surface area contributed by atoms with E-state index in [-0.39, 0.29) is 12.5 Å². The molecule has 1 N–H and O–H groups in total. The molecule has 32 heavy (non-hydrogen) atoms. The van der Waals surface area contributed by atoms with Crippen molar-refractivity contribution in [3.8, 4) is 11.5 Å². The fourth-order valence-electron chi connectivity index (χ4n) is 2.77. The van der Waals surface area contributed by atoms with E-state index in [2.05, 4.69) is 26.2 Å². The molecule has 166 valence electrons. The molecule has 3 aromatic rings. The molecule has 0 unspecified atom stereocenters. The molecule has 0 heterocycles. The van der Waals surface area contributed by atoms with Gasteiger partial charge in [0, 0.05) is 21.9 Å². The molecule has 0 radical (unpaired) electrons. The van der Waals surface area contributed by atoms with Crippen LogP contribution in [-0.2, 0) is 4.79 Å². The highest BCUT2D eigenvalue weighted by Crippen LogP contribution is 2.36. The van der Waals surface area contributed by atoms with Gasteiger partial charge in [0.15, 0.2) is 18.1 Å². The molecule has 0 saturated heterocycles. The monoisotopic (exact) mass is 534 g/mol. The Morgan fingerprint density at radius 2 is 1.75 bits per heavy atom. The number of ether oxygens (including phenoxy) is 2. The molecule has 3 aromatic carbocycles. The van der Waals surface area contributed by atoms with Crippen LogP contribution in [0.1, 0.15) is 16.7 Å². The van der Waals surface area contributed by atoms with E-state index in [0.717, 1.165) is 22.4 Å². The third-order valence-corrected chi connectivity index (χ3v) is 5.98. The number of aryl methyl sites for hydroxylation is 2. The Morgan fingerprint density at radius 1 is 1.06 bits per heavy atom. The number of aliphatic imine (C=N–C) groups is 1. The molecule has 0 atom stereocenters. The molecule has 1 amide bonds. The Kier molecular flexibility index (Phi) is 8.18. The lowest BCUT2D eigenvalue weighted by molar-refractivity contribution is -0.118. The van der Waals surface area contributed by atoms with Gasteiger partial charge in [0.05, 0.1) is 17.3 Å². The third kappa shape index (κ3) is 6.25. The number of nitrogens with zero attached hydrogens (tertiary/aromatic N) is 1. The summed E-state index contributed by atoms with van der Waals surface area (Å²) in [5, 5.41) is 4.00. The van der Waals surface area contributed by atoms with Gasteiger partial charge in [0.25, 0.3) is 5.91 Å². The second-order valence-electron chi connectivity index (χ2n) is 7.03. The zero-order chi connectivity index (χ0) is 23.3. The first-order chi connectivity index (χ1) is 15.3. The number of hydrogen-bond acceptors (Lipinski definition) is 4. The van der Waals surface area contributed by atoms with Gasteiger partial charge in [-0.2, -0.15) is 0 Å². The Hall–Kier alpha value is -2.54. The van der Waals surface area contributed by atoms with E-state index < -0.39 is 0 Å². The fraction of sp³-hybridized carbons (Fsp3) is 0.167. The summed E-state index contributed by atoms with van der Waals surface area (Å²) in [5.41, 5.74) is 4.05. The predicted molar refractivity (Wildman–Crippen MR) is 134 cm³/mol. The molecule has 3 rings (SSSR count). The molecule has 0 aliphatic carbocycles. The van der Waals surface area contributed by atoms with Gasteiger partial charge in [-0.3, -0.25) is 9.79 Å². The average molecular weight is 536 g/mol. The van der Waals surface area contributed by atoms with E-state index in [1.54, 1.807) is 30.5 Å². The van der Waals surface area contributed by atoms with Crippen molar-refractivity contribution in [3.63, 3.8) is 0 Å². The lowest BCUT2D eigenvalue weighted by Crippen LogP contribution is -2.20. The fourth-order valence-corrected chi connectivity index (χ4v) is 3.70. The van der Waals surface area contributed by atoms with E-state index in [0.29, 0.717) is 31.7 Å². The number of anilines is 1. The van der Waals surface area contributed by atoms with Crippen LogP contribution < -0.4 is 14.8 Å². The highest BCUT2D eigenvalue weighted by atomic mass is 79.9. The quantitative estimate of drug-likeness (QED) is 0.327. The van der Waals surface area contributed by atoms with Crippen molar-refractivity contribution in [2.24, 2.45) is 4.99 Å². The van der Waals surface area contributed by atoms with Gasteiger partial charge < -0.3 is 14.8 Å². The lowest BCUT2D eigenvalue weighted by Gasteiger charge is -2.14. The Labute approximate surface area is 205 Å². The van der Waals surface area contributed by atoms with Crippen molar-refractivity contribution in [1.29, 1.82) is 0 Å². The largest absolute Gasteiger partial charge is 0.493 e. The van der Waals surface area contributed by atoms with Gasteiger partial charge in [-0.25, -0.2) is 0 Å². The van der Waals surface area contributed by atoms with Crippen LogP contribution in [-0.4, -0.2) is 25.8 Å². The first-order valence-corrected chi connectivity index (χ1v) is 11.2. The van der Waals surface area contributed by atoms with Gasteiger partial charge in [-0.15, -0.1) is 0 Å². The summed E-state index contributed by atoms with van der Waals surface area (Å²) in [7, 11) is 1.53. The van der Waals surface area contributed by atoms with E-state index in [4.69, 9.17) is 32.7 Å². The van der Waals surface area contributed by atoms with Crippen molar-refractivity contribution in [2.75, 3.05) is 19.0 Å². The zero-order valence-corrected chi connectivity index (χ0v) is 20.8. The van der Waals surface area contributed by atoms with Gasteiger partial charge in [0.2, 0.25) is 0 Å².